The van der Waals surface area contributed by atoms with Gasteiger partial charge >= 0.3 is 0 Å². The molecule has 1 atom stereocenters. The van der Waals surface area contributed by atoms with Crippen LogP contribution in [0, 0.1) is 5.82 Å². The summed E-state index contributed by atoms with van der Waals surface area (Å²) >= 11 is 0. The predicted molar refractivity (Wildman–Crippen MR) is 109 cm³/mol. The van der Waals surface area contributed by atoms with Gasteiger partial charge in [-0.05, 0) is 54.6 Å². The molecule has 0 fully saturated rings. The van der Waals surface area contributed by atoms with Crippen molar-refractivity contribution in [2.75, 3.05) is 19.5 Å². The maximum atomic E-state index is 13.1. The number of ether oxygens (including phenoxy) is 1. The van der Waals surface area contributed by atoms with E-state index in [0.29, 0.717) is 12.2 Å². The number of hydrogen-bond acceptors (Lipinski definition) is 3. The van der Waals surface area contributed by atoms with Gasteiger partial charge in [0.1, 0.15) is 17.6 Å². The SMILES string of the molecule is COc1ccc(CN(C)C(C(=O)Nc2ccc(F)cc2)c2ccccc2)cc1. The molecule has 0 spiro atoms. The molecule has 0 heterocycles. The molecule has 5 heteroatoms. The fraction of sp³-hybridized carbons (Fsp3) is 0.174. The predicted octanol–water partition coefficient (Wildman–Crippen LogP) is 4.65. The summed E-state index contributed by atoms with van der Waals surface area (Å²) in [5, 5.41) is 2.89. The third kappa shape index (κ3) is 4.96. The molecule has 1 unspecified atom stereocenters. The molecule has 4 nitrogen and oxygen atoms in total. The lowest BCUT2D eigenvalue weighted by Gasteiger charge is -2.27. The van der Waals surface area contributed by atoms with Crippen LogP contribution in [0.1, 0.15) is 17.2 Å². The van der Waals surface area contributed by atoms with Crippen LogP contribution in [0.3, 0.4) is 0 Å². The van der Waals surface area contributed by atoms with Crippen molar-refractivity contribution in [3.63, 3.8) is 0 Å². The van der Waals surface area contributed by atoms with Gasteiger partial charge in [-0.15, -0.1) is 0 Å². The van der Waals surface area contributed by atoms with E-state index in [1.165, 1.54) is 12.1 Å². The van der Waals surface area contributed by atoms with Crippen LogP contribution in [0.25, 0.3) is 0 Å². The van der Waals surface area contributed by atoms with E-state index >= 15 is 0 Å². The van der Waals surface area contributed by atoms with Gasteiger partial charge in [0.15, 0.2) is 0 Å². The Morgan fingerprint density at radius 1 is 1.00 bits per heavy atom. The highest BCUT2D eigenvalue weighted by molar-refractivity contribution is 5.95. The lowest BCUT2D eigenvalue weighted by Crippen LogP contribution is -2.34. The van der Waals surface area contributed by atoms with Crippen LogP contribution in [0.2, 0.25) is 0 Å². The van der Waals surface area contributed by atoms with Crippen molar-refractivity contribution in [2.45, 2.75) is 12.6 Å². The number of carbonyl (C=O) groups excluding carboxylic acids is 1. The van der Waals surface area contributed by atoms with Crippen molar-refractivity contribution in [2.24, 2.45) is 0 Å². The van der Waals surface area contributed by atoms with Crippen LogP contribution in [0.4, 0.5) is 10.1 Å². The van der Waals surface area contributed by atoms with E-state index in [9.17, 15) is 9.18 Å². The summed E-state index contributed by atoms with van der Waals surface area (Å²) in [5.74, 6) is 0.281. The Balaban J connectivity index is 1.81. The van der Waals surface area contributed by atoms with Crippen molar-refractivity contribution >= 4 is 11.6 Å². The molecule has 3 rings (SSSR count). The zero-order valence-corrected chi connectivity index (χ0v) is 15.9. The Kier molecular flexibility index (Phi) is 6.40. The standard InChI is InChI=1S/C23H23FN2O2/c1-26(16-17-8-14-21(28-2)15-9-17)22(18-6-4-3-5-7-18)23(27)25-20-12-10-19(24)11-13-20/h3-15,22H,16H2,1-2H3,(H,25,27). The van der Waals surface area contributed by atoms with Crippen molar-refractivity contribution in [3.05, 3.63) is 95.8 Å². The smallest absolute Gasteiger partial charge is 0.246 e. The van der Waals surface area contributed by atoms with E-state index in [1.54, 1.807) is 19.2 Å². The zero-order chi connectivity index (χ0) is 19.9. The van der Waals surface area contributed by atoms with Gasteiger partial charge in [-0.1, -0.05) is 42.5 Å². The third-order valence-corrected chi connectivity index (χ3v) is 4.51. The zero-order valence-electron chi connectivity index (χ0n) is 15.9. The second-order valence-electron chi connectivity index (χ2n) is 6.57. The monoisotopic (exact) mass is 378 g/mol. The molecule has 3 aromatic carbocycles. The molecule has 0 saturated carbocycles. The second-order valence-corrected chi connectivity index (χ2v) is 6.57. The summed E-state index contributed by atoms with van der Waals surface area (Å²) in [6.07, 6.45) is 0. The number of rotatable bonds is 7. The molecule has 3 aromatic rings. The Hall–Kier alpha value is -3.18. The van der Waals surface area contributed by atoms with Crippen molar-refractivity contribution < 1.29 is 13.9 Å². The molecule has 0 aromatic heterocycles. The minimum Gasteiger partial charge on any atom is -0.497 e. The number of likely N-dealkylation sites (N-methyl/N-ethyl adjacent to an activating group) is 1. The average molecular weight is 378 g/mol. The molecule has 28 heavy (non-hydrogen) atoms. The number of hydrogen-bond donors (Lipinski definition) is 1. The molecule has 0 radical (unpaired) electrons. The fourth-order valence-corrected chi connectivity index (χ4v) is 3.10. The quantitative estimate of drug-likeness (QED) is 0.651. The Bertz CT molecular complexity index is 896. The van der Waals surface area contributed by atoms with Gasteiger partial charge in [-0.2, -0.15) is 0 Å². The number of nitrogens with zero attached hydrogens (tertiary/aromatic N) is 1. The van der Waals surface area contributed by atoms with Crippen LogP contribution >= 0.6 is 0 Å². The number of nitrogens with one attached hydrogen (secondary N) is 1. The van der Waals surface area contributed by atoms with E-state index in [4.69, 9.17) is 4.74 Å². The number of benzene rings is 3. The van der Waals surface area contributed by atoms with Crippen LogP contribution in [-0.2, 0) is 11.3 Å². The first-order valence-electron chi connectivity index (χ1n) is 9.01. The average Bonchev–Trinajstić information content (AvgIpc) is 2.71. The van der Waals surface area contributed by atoms with E-state index < -0.39 is 6.04 Å². The number of anilines is 1. The molecule has 0 aliphatic heterocycles. The number of methoxy groups -OCH3 is 1. The van der Waals surface area contributed by atoms with E-state index in [2.05, 4.69) is 5.32 Å². The Morgan fingerprint density at radius 3 is 2.25 bits per heavy atom. The lowest BCUT2D eigenvalue weighted by atomic mass is 10.0. The molecule has 1 amide bonds. The van der Waals surface area contributed by atoms with Crippen molar-refractivity contribution in [3.8, 4) is 5.75 Å². The third-order valence-electron chi connectivity index (χ3n) is 4.51. The molecule has 0 bridgehead atoms. The summed E-state index contributed by atoms with van der Waals surface area (Å²) in [6, 6.07) is 22.6. The summed E-state index contributed by atoms with van der Waals surface area (Å²) in [4.78, 5) is 15.0. The van der Waals surface area contributed by atoms with Gasteiger partial charge in [0.05, 0.1) is 7.11 Å². The minimum absolute atomic E-state index is 0.172. The van der Waals surface area contributed by atoms with E-state index in [-0.39, 0.29) is 11.7 Å². The van der Waals surface area contributed by atoms with E-state index in [0.717, 1.165) is 16.9 Å². The number of carbonyl (C=O) groups is 1. The van der Waals surface area contributed by atoms with Crippen LogP contribution < -0.4 is 10.1 Å². The molecule has 144 valence electrons. The maximum absolute atomic E-state index is 13.1. The fourth-order valence-electron chi connectivity index (χ4n) is 3.10. The minimum atomic E-state index is -0.492. The van der Waals surface area contributed by atoms with Gasteiger partial charge in [-0.25, -0.2) is 4.39 Å². The Morgan fingerprint density at radius 2 is 1.64 bits per heavy atom. The molecular weight excluding hydrogens is 355 g/mol. The molecule has 1 N–H and O–H groups in total. The largest absolute Gasteiger partial charge is 0.497 e. The van der Waals surface area contributed by atoms with Gasteiger partial charge in [-0.3, -0.25) is 9.69 Å². The first kappa shape index (κ1) is 19.6. The molecule has 0 aliphatic rings. The highest BCUT2D eigenvalue weighted by Crippen LogP contribution is 2.24. The van der Waals surface area contributed by atoms with Crippen LogP contribution in [-0.4, -0.2) is 25.0 Å². The number of halogens is 1. The topological polar surface area (TPSA) is 41.6 Å². The highest BCUT2D eigenvalue weighted by atomic mass is 19.1. The first-order chi connectivity index (χ1) is 13.6. The summed E-state index contributed by atoms with van der Waals surface area (Å²) in [5.41, 5.74) is 2.52. The summed E-state index contributed by atoms with van der Waals surface area (Å²) in [6.45, 7) is 0.584. The molecule has 0 saturated heterocycles. The first-order valence-corrected chi connectivity index (χ1v) is 9.01. The van der Waals surface area contributed by atoms with Gasteiger partial charge < -0.3 is 10.1 Å². The van der Waals surface area contributed by atoms with E-state index in [1.807, 2.05) is 66.5 Å². The highest BCUT2D eigenvalue weighted by Gasteiger charge is 2.25. The molecule has 0 aliphatic carbocycles. The van der Waals surface area contributed by atoms with Gasteiger partial charge in [0, 0.05) is 12.2 Å². The van der Waals surface area contributed by atoms with Gasteiger partial charge in [0.2, 0.25) is 5.91 Å². The van der Waals surface area contributed by atoms with Crippen molar-refractivity contribution in [1.29, 1.82) is 0 Å². The van der Waals surface area contributed by atoms with Gasteiger partial charge in [0.25, 0.3) is 0 Å². The normalized spacial score (nSPS) is 11.9. The second kappa shape index (κ2) is 9.15. The summed E-state index contributed by atoms with van der Waals surface area (Å²) in [7, 11) is 3.54. The lowest BCUT2D eigenvalue weighted by molar-refractivity contribution is -0.121. The number of amides is 1. The van der Waals surface area contributed by atoms with Crippen molar-refractivity contribution in [1.82, 2.24) is 4.90 Å². The molecular formula is C23H23FN2O2. The Labute approximate surface area is 164 Å². The van der Waals surface area contributed by atoms with Crippen LogP contribution in [0.5, 0.6) is 5.75 Å². The van der Waals surface area contributed by atoms with Crippen LogP contribution in [0.15, 0.2) is 78.9 Å². The maximum Gasteiger partial charge on any atom is 0.246 e. The summed E-state index contributed by atoms with van der Waals surface area (Å²) < 4.78 is 18.3.